The number of nitrogens with one attached hydrogen (secondary N) is 1. The fourth-order valence-corrected chi connectivity index (χ4v) is 4.23. The van der Waals surface area contributed by atoms with Gasteiger partial charge in [-0.3, -0.25) is 14.6 Å². The molecule has 4 heteroatoms. The molecule has 1 heterocycles. The number of hydrogen-bond acceptors (Lipinski definition) is 3. The maximum absolute atomic E-state index is 12.7. The molecule has 3 aromatic rings. The van der Waals surface area contributed by atoms with Crippen LogP contribution in [0.2, 0.25) is 0 Å². The number of rotatable bonds is 7. The van der Waals surface area contributed by atoms with Gasteiger partial charge in [-0.05, 0) is 28.8 Å². The standard InChI is InChI=1S/C27H31N3O/c1-22(25-15-7-13-24-12-5-6-14-26(24)25)28-27(31)21-30-19-17-29(18-20-30)16-8-11-23-9-3-2-4-10-23/h2-15,22H,16-21H2,1H3,(H,28,31)/b11-8+/t22-/m0/s1. The third kappa shape index (κ3) is 5.81. The van der Waals surface area contributed by atoms with Gasteiger partial charge >= 0.3 is 0 Å². The molecule has 1 aliphatic heterocycles. The number of piperazine rings is 1. The second-order valence-corrected chi connectivity index (χ2v) is 8.25. The molecule has 160 valence electrons. The predicted molar refractivity (Wildman–Crippen MR) is 129 cm³/mol. The van der Waals surface area contributed by atoms with E-state index >= 15 is 0 Å². The van der Waals surface area contributed by atoms with Gasteiger partial charge in [0.2, 0.25) is 5.91 Å². The summed E-state index contributed by atoms with van der Waals surface area (Å²) in [6.07, 6.45) is 4.40. The van der Waals surface area contributed by atoms with Crippen LogP contribution >= 0.6 is 0 Å². The summed E-state index contributed by atoms with van der Waals surface area (Å²) in [5, 5.41) is 5.60. The second kappa shape index (κ2) is 10.4. The molecular weight excluding hydrogens is 382 g/mol. The Morgan fingerprint density at radius 1 is 0.903 bits per heavy atom. The molecule has 4 rings (SSSR count). The van der Waals surface area contributed by atoms with E-state index in [-0.39, 0.29) is 11.9 Å². The highest BCUT2D eigenvalue weighted by Crippen LogP contribution is 2.24. The number of carbonyl (C=O) groups excluding carboxylic acids is 1. The van der Waals surface area contributed by atoms with E-state index in [0.29, 0.717) is 6.54 Å². The van der Waals surface area contributed by atoms with Crippen LogP contribution in [-0.4, -0.2) is 55.0 Å². The highest BCUT2D eigenvalue weighted by Gasteiger charge is 2.19. The van der Waals surface area contributed by atoms with Crippen molar-refractivity contribution in [2.75, 3.05) is 39.3 Å². The maximum Gasteiger partial charge on any atom is 0.234 e. The Morgan fingerprint density at radius 2 is 1.58 bits per heavy atom. The fraction of sp³-hybridized carbons (Fsp3) is 0.296. The zero-order valence-corrected chi connectivity index (χ0v) is 18.2. The Labute approximate surface area is 185 Å². The summed E-state index contributed by atoms with van der Waals surface area (Å²) < 4.78 is 0. The quantitative estimate of drug-likeness (QED) is 0.626. The summed E-state index contributed by atoms with van der Waals surface area (Å²) in [6.45, 7) is 7.31. The molecule has 0 aliphatic carbocycles. The van der Waals surface area contributed by atoms with Gasteiger partial charge in [0, 0.05) is 32.7 Å². The van der Waals surface area contributed by atoms with Crippen LogP contribution in [0.5, 0.6) is 0 Å². The summed E-state index contributed by atoms with van der Waals surface area (Å²) in [5.74, 6) is 0.0952. The summed E-state index contributed by atoms with van der Waals surface area (Å²) in [6, 6.07) is 25.0. The van der Waals surface area contributed by atoms with Gasteiger partial charge in [0.1, 0.15) is 0 Å². The zero-order chi connectivity index (χ0) is 21.5. The van der Waals surface area contributed by atoms with Crippen molar-refractivity contribution in [3.63, 3.8) is 0 Å². The number of carbonyl (C=O) groups is 1. The number of benzene rings is 3. The number of fused-ring (bicyclic) bond motifs is 1. The Morgan fingerprint density at radius 3 is 2.39 bits per heavy atom. The van der Waals surface area contributed by atoms with Crippen molar-refractivity contribution in [3.05, 3.63) is 90.0 Å². The minimum Gasteiger partial charge on any atom is -0.348 e. The Hall–Kier alpha value is -2.95. The van der Waals surface area contributed by atoms with Gasteiger partial charge < -0.3 is 5.32 Å². The van der Waals surface area contributed by atoms with E-state index in [1.807, 2.05) is 12.1 Å². The van der Waals surface area contributed by atoms with E-state index in [1.165, 1.54) is 21.9 Å². The average molecular weight is 414 g/mol. The lowest BCUT2D eigenvalue weighted by Gasteiger charge is -2.33. The number of hydrogen-bond donors (Lipinski definition) is 1. The van der Waals surface area contributed by atoms with E-state index < -0.39 is 0 Å². The van der Waals surface area contributed by atoms with E-state index in [1.54, 1.807) is 0 Å². The third-order valence-electron chi connectivity index (χ3n) is 5.97. The highest BCUT2D eigenvalue weighted by atomic mass is 16.2. The smallest absolute Gasteiger partial charge is 0.234 e. The van der Waals surface area contributed by atoms with Crippen molar-refractivity contribution >= 4 is 22.8 Å². The topological polar surface area (TPSA) is 35.6 Å². The van der Waals surface area contributed by atoms with Gasteiger partial charge in [0.15, 0.2) is 0 Å². The van der Waals surface area contributed by atoms with Crippen molar-refractivity contribution in [1.29, 1.82) is 0 Å². The van der Waals surface area contributed by atoms with Gasteiger partial charge in [-0.25, -0.2) is 0 Å². The Bertz CT molecular complexity index is 1020. The molecule has 1 saturated heterocycles. The first kappa shape index (κ1) is 21.3. The lowest BCUT2D eigenvalue weighted by Crippen LogP contribution is -2.49. The molecule has 0 saturated carbocycles. The van der Waals surface area contributed by atoms with Crippen LogP contribution in [0.4, 0.5) is 0 Å². The SMILES string of the molecule is C[C@H](NC(=O)CN1CCN(C/C=C/c2ccccc2)CC1)c1cccc2ccccc12. The molecule has 0 aromatic heterocycles. The van der Waals surface area contributed by atoms with E-state index in [2.05, 4.69) is 94.9 Å². The van der Waals surface area contributed by atoms with Crippen molar-refractivity contribution in [3.8, 4) is 0 Å². The van der Waals surface area contributed by atoms with Gasteiger partial charge in [0.05, 0.1) is 12.6 Å². The lowest BCUT2D eigenvalue weighted by atomic mass is 10.00. The summed E-state index contributed by atoms with van der Waals surface area (Å²) in [7, 11) is 0. The van der Waals surface area contributed by atoms with Crippen LogP contribution in [0, 0.1) is 0 Å². The van der Waals surface area contributed by atoms with Crippen molar-refractivity contribution in [2.45, 2.75) is 13.0 Å². The minimum absolute atomic E-state index is 0.0111. The zero-order valence-electron chi connectivity index (χ0n) is 18.2. The number of amides is 1. The normalized spacial score (nSPS) is 16.5. The van der Waals surface area contributed by atoms with Gasteiger partial charge in [-0.15, -0.1) is 0 Å². The molecule has 1 atom stereocenters. The van der Waals surface area contributed by atoms with E-state index in [9.17, 15) is 4.79 Å². The molecule has 1 aliphatic rings. The lowest BCUT2D eigenvalue weighted by molar-refractivity contribution is -0.123. The molecule has 0 spiro atoms. The van der Waals surface area contributed by atoms with Crippen LogP contribution in [0.25, 0.3) is 16.8 Å². The molecule has 1 amide bonds. The highest BCUT2D eigenvalue weighted by molar-refractivity contribution is 5.87. The van der Waals surface area contributed by atoms with Gasteiger partial charge in [-0.1, -0.05) is 84.9 Å². The largest absolute Gasteiger partial charge is 0.348 e. The molecule has 0 bridgehead atoms. The second-order valence-electron chi connectivity index (χ2n) is 8.25. The first-order chi connectivity index (χ1) is 15.2. The van der Waals surface area contributed by atoms with Crippen LogP contribution in [0.1, 0.15) is 24.1 Å². The molecular formula is C27H31N3O. The van der Waals surface area contributed by atoms with Crippen molar-refractivity contribution < 1.29 is 4.79 Å². The first-order valence-electron chi connectivity index (χ1n) is 11.1. The fourth-order valence-electron chi connectivity index (χ4n) is 4.23. The summed E-state index contributed by atoms with van der Waals surface area (Å²) in [4.78, 5) is 17.4. The Kier molecular flexibility index (Phi) is 7.13. The maximum atomic E-state index is 12.7. The van der Waals surface area contributed by atoms with Crippen molar-refractivity contribution in [1.82, 2.24) is 15.1 Å². The third-order valence-corrected chi connectivity index (χ3v) is 5.97. The summed E-state index contributed by atoms with van der Waals surface area (Å²) in [5.41, 5.74) is 2.40. The van der Waals surface area contributed by atoms with Crippen LogP contribution in [-0.2, 0) is 4.79 Å². The molecule has 1 N–H and O–H groups in total. The van der Waals surface area contributed by atoms with Gasteiger partial charge in [-0.2, -0.15) is 0 Å². The molecule has 31 heavy (non-hydrogen) atoms. The average Bonchev–Trinajstić information content (AvgIpc) is 2.80. The monoisotopic (exact) mass is 413 g/mol. The molecule has 4 nitrogen and oxygen atoms in total. The van der Waals surface area contributed by atoms with Crippen LogP contribution in [0.3, 0.4) is 0 Å². The van der Waals surface area contributed by atoms with Crippen molar-refractivity contribution in [2.24, 2.45) is 0 Å². The van der Waals surface area contributed by atoms with Gasteiger partial charge in [0.25, 0.3) is 0 Å². The number of nitrogens with zero attached hydrogens (tertiary/aromatic N) is 2. The Balaban J connectivity index is 1.23. The predicted octanol–water partition coefficient (Wildman–Crippen LogP) is 4.35. The molecule has 3 aromatic carbocycles. The van der Waals surface area contributed by atoms with Crippen LogP contribution < -0.4 is 5.32 Å². The molecule has 0 unspecified atom stereocenters. The molecule has 0 radical (unpaired) electrons. The molecule has 1 fully saturated rings. The van der Waals surface area contributed by atoms with Crippen LogP contribution in [0.15, 0.2) is 78.9 Å². The van der Waals surface area contributed by atoms with E-state index in [4.69, 9.17) is 0 Å². The van der Waals surface area contributed by atoms with E-state index in [0.717, 1.165) is 32.7 Å². The minimum atomic E-state index is -0.0111. The first-order valence-corrected chi connectivity index (χ1v) is 11.1. The summed E-state index contributed by atoms with van der Waals surface area (Å²) >= 11 is 0.